The molecule has 4 heteroatoms. The van der Waals surface area contributed by atoms with Gasteiger partial charge in [-0.05, 0) is 25.5 Å². The van der Waals surface area contributed by atoms with E-state index in [1.165, 1.54) is 6.20 Å². The van der Waals surface area contributed by atoms with E-state index in [2.05, 4.69) is 4.98 Å². The molecule has 0 N–H and O–H groups in total. The van der Waals surface area contributed by atoms with Gasteiger partial charge in [-0.1, -0.05) is 12.1 Å². The van der Waals surface area contributed by atoms with Crippen LogP contribution in [-0.2, 0) is 4.74 Å². The fraction of sp³-hybridized carbons (Fsp3) is 0.286. The van der Waals surface area contributed by atoms with E-state index in [1.807, 2.05) is 25.1 Å². The van der Waals surface area contributed by atoms with Crippen LogP contribution >= 0.6 is 0 Å². The monoisotopic (exact) mass is 245 g/mol. The Labute approximate surface area is 106 Å². The highest BCUT2D eigenvalue weighted by molar-refractivity contribution is 5.98. The van der Waals surface area contributed by atoms with Crippen molar-refractivity contribution < 1.29 is 14.3 Å². The zero-order chi connectivity index (χ0) is 13.1. The van der Waals surface area contributed by atoms with Crippen LogP contribution in [-0.4, -0.2) is 24.7 Å². The molecule has 1 aromatic heterocycles. The van der Waals surface area contributed by atoms with Gasteiger partial charge >= 0.3 is 5.97 Å². The fourth-order valence-corrected chi connectivity index (χ4v) is 1.91. The minimum absolute atomic E-state index is 0.341. The first-order valence-corrected chi connectivity index (χ1v) is 5.78. The van der Waals surface area contributed by atoms with Crippen LogP contribution in [0, 0.1) is 6.92 Å². The number of esters is 1. The quantitative estimate of drug-likeness (QED) is 0.780. The number of aromatic nitrogens is 1. The highest BCUT2D eigenvalue weighted by Crippen LogP contribution is 2.27. The van der Waals surface area contributed by atoms with Crippen LogP contribution in [0.1, 0.15) is 22.8 Å². The van der Waals surface area contributed by atoms with E-state index < -0.39 is 0 Å². The second kappa shape index (κ2) is 5.04. The molecule has 0 atom stereocenters. The number of carbonyl (C=O) groups is 1. The Morgan fingerprint density at radius 2 is 2.17 bits per heavy atom. The molecule has 0 saturated heterocycles. The minimum Gasteiger partial charge on any atom is -0.494 e. The van der Waals surface area contributed by atoms with Crippen molar-refractivity contribution in [2.45, 2.75) is 13.8 Å². The Bertz CT molecular complexity index is 593. The van der Waals surface area contributed by atoms with Gasteiger partial charge in [-0.25, -0.2) is 4.79 Å². The third kappa shape index (κ3) is 2.01. The van der Waals surface area contributed by atoms with Crippen molar-refractivity contribution in [3.8, 4) is 5.75 Å². The molecule has 1 heterocycles. The lowest BCUT2D eigenvalue weighted by Crippen LogP contribution is -2.07. The summed E-state index contributed by atoms with van der Waals surface area (Å²) in [6.45, 7) is 4.02. The molecule has 0 aliphatic rings. The number of hydrogen-bond acceptors (Lipinski definition) is 4. The Morgan fingerprint density at radius 1 is 1.39 bits per heavy atom. The summed E-state index contributed by atoms with van der Waals surface area (Å²) in [6.07, 6.45) is 1.54. The van der Waals surface area contributed by atoms with Gasteiger partial charge in [0.15, 0.2) is 0 Å². The van der Waals surface area contributed by atoms with Gasteiger partial charge in [-0.15, -0.1) is 0 Å². The van der Waals surface area contributed by atoms with Gasteiger partial charge in [0.2, 0.25) is 0 Å². The van der Waals surface area contributed by atoms with Crippen molar-refractivity contribution in [3.63, 3.8) is 0 Å². The molecule has 0 fully saturated rings. The second-order valence-electron chi connectivity index (χ2n) is 3.87. The number of fused-ring (bicyclic) bond motifs is 1. The van der Waals surface area contributed by atoms with Crippen LogP contribution in [0.25, 0.3) is 10.9 Å². The maximum atomic E-state index is 11.8. The number of rotatable bonds is 3. The maximum Gasteiger partial charge on any atom is 0.339 e. The third-order valence-corrected chi connectivity index (χ3v) is 2.85. The first-order valence-electron chi connectivity index (χ1n) is 5.78. The van der Waals surface area contributed by atoms with Crippen molar-refractivity contribution in [3.05, 3.63) is 35.5 Å². The molecule has 0 radical (unpaired) electrons. The van der Waals surface area contributed by atoms with Gasteiger partial charge in [0.1, 0.15) is 11.3 Å². The van der Waals surface area contributed by atoms with Crippen molar-refractivity contribution in [1.29, 1.82) is 0 Å². The summed E-state index contributed by atoms with van der Waals surface area (Å²) in [5.41, 5.74) is 2.11. The molecule has 4 nitrogen and oxygen atoms in total. The number of pyridine rings is 1. The van der Waals surface area contributed by atoms with Crippen molar-refractivity contribution >= 4 is 16.9 Å². The van der Waals surface area contributed by atoms with Gasteiger partial charge in [-0.2, -0.15) is 0 Å². The van der Waals surface area contributed by atoms with E-state index >= 15 is 0 Å². The molecular weight excluding hydrogens is 230 g/mol. The maximum absolute atomic E-state index is 11.8. The Balaban J connectivity index is 2.61. The number of benzene rings is 1. The largest absolute Gasteiger partial charge is 0.494 e. The van der Waals surface area contributed by atoms with E-state index in [4.69, 9.17) is 9.47 Å². The topological polar surface area (TPSA) is 48.4 Å². The fourth-order valence-electron chi connectivity index (χ4n) is 1.91. The first-order chi connectivity index (χ1) is 8.69. The Morgan fingerprint density at radius 3 is 2.83 bits per heavy atom. The van der Waals surface area contributed by atoms with Crippen LogP contribution in [0.3, 0.4) is 0 Å². The van der Waals surface area contributed by atoms with Gasteiger partial charge in [-0.3, -0.25) is 4.98 Å². The summed E-state index contributed by atoms with van der Waals surface area (Å²) in [5.74, 6) is 0.359. The highest BCUT2D eigenvalue weighted by atomic mass is 16.5. The standard InChI is InChI=1S/C14H15NO3/c1-4-18-14(16)11-8-15-13-10(9(11)2)6-5-7-12(13)17-3/h5-8H,4H2,1-3H3. The molecule has 2 aromatic rings. The highest BCUT2D eigenvalue weighted by Gasteiger charge is 2.14. The molecule has 0 saturated carbocycles. The lowest BCUT2D eigenvalue weighted by molar-refractivity contribution is 0.0525. The molecule has 0 spiro atoms. The molecule has 94 valence electrons. The van der Waals surface area contributed by atoms with E-state index in [0.29, 0.717) is 17.9 Å². The normalized spacial score (nSPS) is 10.4. The van der Waals surface area contributed by atoms with E-state index in [-0.39, 0.29) is 5.97 Å². The van der Waals surface area contributed by atoms with Crippen LogP contribution in [0.2, 0.25) is 0 Å². The van der Waals surface area contributed by atoms with E-state index in [9.17, 15) is 4.79 Å². The summed E-state index contributed by atoms with van der Waals surface area (Å²) in [4.78, 5) is 16.1. The van der Waals surface area contributed by atoms with Crippen molar-refractivity contribution in [2.75, 3.05) is 13.7 Å². The number of ether oxygens (including phenoxy) is 2. The van der Waals surface area contributed by atoms with Gasteiger partial charge < -0.3 is 9.47 Å². The molecule has 18 heavy (non-hydrogen) atoms. The molecule has 1 aromatic carbocycles. The number of aryl methyl sites for hydroxylation is 1. The summed E-state index contributed by atoms with van der Waals surface area (Å²) in [7, 11) is 1.60. The summed E-state index contributed by atoms with van der Waals surface area (Å²) in [6, 6.07) is 5.65. The molecule has 2 rings (SSSR count). The number of para-hydroxylation sites is 1. The van der Waals surface area contributed by atoms with Crippen LogP contribution in [0.15, 0.2) is 24.4 Å². The summed E-state index contributed by atoms with van der Waals surface area (Å²) in [5, 5.41) is 0.903. The number of nitrogens with zero attached hydrogens (tertiary/aromatic N) is 1. The smallest absolute Gasteiger partial charge is 0.339 e. The number of carbonyl (C=O) groups excluding carboxylic acids is 1. The van der Waals surface area contributed by atoms with Crippen LogP contribution < -0.4 is 4.74 Å². The van der Waals surface area contributed by atoms with E-state index in [1.54, 1.807) is 14.0 Å². The van der Waals surface area contributed by atoms with Crippen molar-refractivity contribution in [2.24, 2.45) is 0 Å². The van der Waals surface area contributed by atoms with Crippen LogP contribution in [0.5, 0.6) is 5.75 Å². The minimum atomic E-state index is -0.341. The molecule has 0 bridgehead atoms. The average Bonchev–Trinajstić information content (AvgIpc) is 2.39. The predicted octanol–water partition coefficient (Wildman–Crippen LogP) is 2.73. The first kappa shape index (κ1) is 12.4. The molecule has 0 unspecified atom stereocenters. The zero-order valence-electron chi connectivity index (χ0n) is 10.7. The molecule has 0 aliphatic heterocycles. The SMILES string of the molecule is CCOC(=O)c1cnc2c(OC)cccc2c1C. The summed E-state index contributed by atoms with van der Waals surface area (Å²) < 4.78 is 10.3. The van der Waals surface area contributed by atoms with Gasteiger partial charge in [0.05, 0.1) is 19.3 Å². The van der Waals surface area contributed by atoms with E-state index in [0.717, 1.165) is 16.5 Å². The Kier molecular flexibility index (Phi) is 3.46. The number of hydrogen-bond donors (Lipinski definition) is 0. The second-order valence-corrected chi connectivity index (χ2v) is 3.87. The van der Waals surface area contributed by atoms with Crippen molar-refractivity contribution in [1.82, 2.24) is 4.98 Å². The number of methoxy groups -OCH3 is 1. The average molecular weight is 245 g/mol. The third-order valence-electron chi connectivity index (χ3n) is 2.85. The molecular formula is C14H15NO3. The lowest BCUT2D eigenvalue weighted by Gasteiger charge is -2.10. The lowest BCUT2D eigenvalue weighted by atomic mass is 10.0. The molecule has 0 aliphatic carbocycles. The zero-order valence-corrected chi connectivity index (χ0v) is 10.7. The Hall–Kier alpha value is -2.10. The predicted molar refractivity (Wildman–Crippen MR) is 69.0 cm³/mol. The van der Waals surface area contributed by atoms with Gasteiger partial charge in [0.25, 0.3) is 0 Å². The van der Waals surface area contributed by atoms with Crippen LogP contribution in [0.4, 0.5) is 0 Å². The molecule has 0 amide bonds. The summed E-state index contributed by atoms with van der Waals surface area (Å²) >= 11 is 0. The van der Waals surface area contributed by atoms with Gasteiger partial charge in [0, 0.05) is 11.6 Å².